The quantitative estimate of drug-likeness (QED) is 0.810. The van der Waals surface area contributed by atoms with E-state index in [0.717, 1.165) is 30.6 Å². The molecule has 102 valence electrons. The maximum Gasteiger partial charge on any atom is 0.128 e. The van der Waals surface area contributed by atoms with E-state index in [1.165, 1.54) is 6.07 Å². The maximum atomic E-state index is 13.8. The molecule has 1 aromatic heterocycles. The molecule has 0 atom stereocenters. The molecule has 1 aromatic carbocycles. The average Bonchev–Trinajstić information content (AvgIpc) is 2.79. The molecule has 3 nitrogen and oxygen atoms in total. The molecule has 2 rings (SSSR count). The van der Waals surface area contributed by atoms with Gasteiger partial charge in [0.1, 0.15) is 5.82 Å². The minimum Gasteiger partial charge on any atom is -0.313 e. The topological polar surface area (TPSA) is 29.9 Å². The number of halogens is 1. The lowest BCUT2D eigenvalue weighted by Gasteiger charge is -2.08. The van der Waals surface area contributed by atoms with Crippen LogP contribution in [0.2, 0.25) is 0 Å². The summed E-state index contributed by atoms with van der Waals surface area (Å²) in [6.45, 7) is 6.33. The van der Waals surface area contributed by atoms with Crippen LogP contribution in [0.4, 0.5) is 4.39 Å². The van der Waals surface area contributed by atoms with Crippen molar-refractivity contribution in [2.45, 2.75) is 33.4 Å². The minimum atomic E-state index is -0.174. The number of rotatable bonds is 6. The van der Waals surface area contributed by atoms with Gasteiger partial charge in [-0.05, 0) is 43.1 Å². The first kappa shape index (κ1) is 13.7. The van der Waals surface area contributed by atoms with Gasteiger partial charge in [-0.2, -0.15) is 5.10 Å². The van der Waals surface area contributed by atoms with Crippen LogP contribution in [0.1, 0.15) is 30.0 Å². The van der Waals surface area contributed by atoms with E-state index < -0.39 is 0 Å². The second kappa shape index (κ2) is 6.48. The van der Waals surface area contributed by atoms with Gasteiger partial charge in [0.15, 0.2) is 0 Å². The van der Waals surface area contributed by atoms with Crippen molar-refractivity contribution in [3.05, 3.63) is 53.1 Å². The third-order valence-electron chi connectivity index (χ3n) is 2.96. The molecule has 0 aliphatic carbocycles. The highest BCUT2D eigenvalue weighted by Gasteiger charge is 2.05. The molecular formula is C15H20FN3. The average molecular weight is 261 g/mol. The van der Waals surface area contributed by atoms with Gasteiger partial charge in [-0.3, -0.25) is 4.68 Å². The number of benzene rings is 1. The lowest BCUT2D eigenvalue weighted by molar-refractivity contribution is 0.582. The fourth-order valence-electron chi connectivity index (χ4n) is 2.00. The Bertz CT molecular complexity index is 534. The first-order valence-corrected chi connectivity index (χ1v) is 6.66. The van der Waals surface area contributed by atoms with Crippen molar-refractivity contribution < 1.29 is 4.39 Å². The Morgan fingerprint density at radius 2 is 2.21 bits per heavy atom. The smallest absolute Gasteiger partial charge is 0.128 e. The van der Waals surface area contributed by atoms with Crippen molar-refractivity contribution in [2.75, 3.05) is 6.54 Å². The maximum absolute atomic E-state index is 13.8. The highest BCUT2D eigenvalue weighted by atomic mass is 19.1. The summed E-state index contributed by atoms with van der Waals surface area (Å²) in [6.07, 6.45) is 4.80. The summed E-state index contributed by atoms with van der Waals surface area (Å²) in [5.74, 6) is -0.174. The molecule has 4 heteroatoms. The van der Waals surface area contributed by atoms with Crippen LogP contribution in [0, 0.1) is 12.7 Å². The van der Waals surface area contributed by atoms with Crippen LogP contribution in [0.25, 0.3) is 0 Å². The zero-order chi connectivity index (χ0) is 13.7. The Hall–Kier alpha value is -1.68. The van der Waals surface area contributed by atoms with Gasteiger partial charge in [-0.1, -0.05) is 13.0 Å². The number of hydrogen-bond acceptors (Lipinski definition) is 2. The molecule has 2 aromatic rings. The first-order valence-electron chi connectivity index (χ1n) is 6.66. The first-order chi connectivity index (χ1) is 9.19. The number of aryl methyl sites for hydroxylation is 1. The van der Waals surface area contributed by atoms with E-state index in [9.17, 15) is 4.39 Å². The molecule has 0 spiro atoms. The molecule has 0 saturated heterocycles. The summed E-state index contributed by atoms with van der Waals surface area (Å²) in [7, 11) is 0. The predicted octanol–water partition coefficient (Wildman–Crippen LogP) is 2.88. The SMILES string of the molecule is CCCNCc1ccc(F)c(Cn2cc(C)cn2)c1. The Morgan fingerprint density at radius 3 is 2.89 bits per heavy atom. The van der Waals surface area contributed by atoms with Crippen molar-refractivity contribution in [2.24, 2.45) is 0 Å². The van der Waals surface area contributed by atoms with E-state index in [2.05, 4.69) is 17.3 Å². The highest BCUT2D eigenvalue weighted by Crippen LogP contribution is 2.12. The van der Waals surface area contributed by atoms with Gasteiger partial charge in [-0.25, -0.2) is 4.39 Å². The normalized spacial score (nSPS) is 10.9. The summed E-state index contributed by atoms with van der Waals surface area (Å²) in [4.78, 5) is 0. The molecular weight excluding hydrogens is 241 g/mol. The standard InChI is InChI=1S/C15H20FN3/c1-3-6-17-9-13-4-5-15(16)14(7-13)11-19-10-12(2)8-18-19/h4-5,7-8,10,17H,3,6,9,11H2,1-2H3. The predicted molar refractivity (Wildman–Crippen MR) is 74.5 cm³/mol. The third kappa shape index (κ3) is 3.89. The largest absolute Gasteiger partial charge is 0.313 e. The Balaban J connectivity index is 2.08. The monoisotopic (exact) mass is 261 g/mol. The Kier molecular flexibility index (Phi) is 4.68. The van der Waals surface area contributed by atoms with Gasteiger partial charge in [-0.15, -0.1) is 0 Å². The van der Waals surface area contributed by atoms with Gasteiger partial charge in [0.05, 0.1) is 12.7 Å². The van der Waals surface area contributed by atoms with Crippen LogP contribution in [0.5, 0.6) is 0 Å². The summed E-state index contributed by atoms with van der Waals surface area (Å²) in [5.41, 5.74) is 2.87. The molecule has 0 amide bonds. The Labute approximate surface area is 113 Å². The minimum absolute atomic E-state index is 0.174. The van der Waals surface area contributed by atoms with Gasteiger partial charge >= 0.3 is 0 Å². The molecule has 0 saturated carbocycles. The van der Waals surface area contributed by atoms with E-state index in [0.29, 0.717) is 12.1 Å². The molecule has 1 N–H and O–H groups in total. The summed E-state index contributed by atoms with van der Waals surface area (Å²) >= 11 is 0. The van der Waals surface area contributed by atoms with Gasteiger partial charge < -0.3 is 5.32 Å². The van der Waals surface area contributed by atoms with Crippen LogP contribution in [-0.4, -0.2) is 16.3 Å². The molecule has 0 aliphatic rings. The summed E-state index contributed by atoms with van der Waals surface area (Å²) < 4.78 is 15.5. The van der Waals surface area contributed by atoms with E-state index >= 15 is 0 Å². The number of hydrogen-bond donors (Lipinski definition) is 1. The van der Waals surface area contributed by atoms with Crippen LogP contribution in [0.15, 0.2) is 30.6 Å². The lowest BCUT2D eigenvalue weighted by atomic mass is 10.1. The second-order valence-electron chi connectivity index (χ2n) is 4.82. The van der Waals surface area contributed by atoms with Crippen molar-refractivity contribution in [3.8, 4) is 0 Å². The molecule has 0 bridgehead atoms. The van der Waals surface area contributed by atoms with Crippen LogP contribution in [-0.2, 0) is 13.1 Å². The number of nitrogens with one attached hydrogen (secondary N) is 1. The zero-order valence-corrected chi connectivity index (χ0v) is 11.5. The fraction of sp³-hybridized carbons (Fsp3) is 0.400. The van der Waals surface area contributed by atoms with Crippen molar-refractivity contribution in [3.63, 3.8) is 0 Å². The van der Waals surface area contributed by atoms with Crippen LogP contribution in [0.3, 0.4) is 0 Å². The molecule has 0 unspecified atom stereocenters. The van der Waals surface area contributed by atoms with E-state index in [-0.39, 0.29) is 5.82 Å². The number of nitrogens with zero attached hydrogens (tertiary/aromatic N) is 2. The van der Waals surface area contributed by atoms with Crippen LogP contribution < -0.4 is 5.32 Å². The fourth-order valence-corrected chi connectivity index (χ4v) is 2.00. The van der Waals surface area contributed by atoms with Gasteiger partial charge in [0.2, 0.25) is 0 Å². The van der Waals surface area contributed by atoms with Gasteiger partial charge in [0.25, 0.3) is 0 Å². The van der Waals surface area contributed by atoms with Gasteiger partial charge in [0, 0.05) is 18.3 Å². The molecule has 1 heterocycles. The number of aromatic nitrogens is 2. The van der Waals surface area contributed by atoms with Crippen molar-refractivity contribution >= 4 is 0 Å². The highest BCUT2D eigenvalue weighted by molar-refractivity contribution is 5.25. The van der Waals surface area contributed by atoms with E-state index in [1.807, 2.05) is 25.3 Å². The lowest BCUT2D eigenvalue weighted by Crippen LogP contribution is -2.14. The summed E-state index contributed by atoms with van der Waals surface area (Å²) in [6, 6.07) is 5.28. The Morgan fingerprint density at radius 1 is 1.37 bits per heavy atom. The van der Waals surface area contributed by atoms with Crippen LogP contribution >= 0.6 is 0 Å². The molecule has 19 heavy (non-hydrogen) atoms. The van der Waals surface area contributed by atoms with Crippen molar-refractivity contribution in [1.82, 2.24) is 15.1 Å². The van der Waals surface area contributed by atoms with Crippen molar-refractivity contribution in [1.29, 1.82) is 0 Å². The van der Waals surface area contributed by atoms with E-state index in [1.54, 1.807) is 10.9 Å². The zero-order valence-electron chi connectivity index (χ0n) is 11.5. The molecule has 0 aliphatic heterocycles. The molecule has 0 radical (unpaired) electrons. The second-order valence-corrected chi connectivity index (χ2v) is 4.82. The third-order valence-corrected chi connectivity index (χ3v) is 2.96. The van der Waals surface area contributed by atoms with E-state index in [4.69, 9.17) is 0 Å². The molecule has 0 fully saturated rings. The summed E-state index contributed by atoms with van der Waals surface area (Å²) in [5, 5.41) is 7.51.